The summed E-state index contributed by atoms with van der Waals surface area (Å²) in [6, 6.07) is 11.9. The van der Waals surface area contributed by atoms with E-state index < -0.39 is 15.2 Å². The lowest BCUT2D eigenvalue weighted by atomic mass is 10.2. The zero-order chi connectivity index (χ0) is 18.7. The molecule has 0 N–H and O–H groups in total. The summed E-state index contributed by atoms with van der Waals surface area (Å²) >= 11 is 1.31. The van der Waals surface area contributed by atoms with E-state index >= 15 is 0 Å². The summed E-state index contributed by atoms with van der Waals surface area (Å²) in [5.74, 6) is -0.0483. The molecule has 2 aromatic carbocycles. The lowest BCUT2D eigenvalue weighted by Crippen LogP contribution is -2.22. The molecule has 0 spiro atoms. The highest BCUT2D eigenvalue weighted by Gasteiger charge is 2.33. The normalized spacial score (nSPS) is 17.0. The molecule has 9 nitrogen and oxygen atoms in total. The molecule has 1 unspecified atom stereocenters. The van der Waals surface area contributed by atoms with Gasteiger partial charge in [-0.2, -0.15) is 5.10 Å². The van der Waals surface area contributed by atoms with E-state index in [4.69, 9.17) is 0 Å². The van der Waals surface area contributed by atoms with Gasteiger partial charge in [0.05, 0.1) is 21.8 Å². The molecule has 1 saturated heterocycles. The summed E-state index contributed by atoms with van der Waals surface area (Å²) in [5, 5.41) is 26.7. The molecule has 1 fully saturated rings. The lowest BCUT2D eigenvalue weighted by Gasteiger charge is -2.18. The molecule has 0 saturated carbocycles. The van der Waals surface area contributed by atoms with E-state index in [-0.39, 0.29) is 23.0 Å². The Bertz CT molecular complexity index is 917. The monoisotopic (exact) mass is 372 g/mol. The van der Waals surface area contributed by atoms with Gasteiger partial charge in [0.2, 0.25) is 0 Å². The van der Waals surface area contributed by atoms with Crippen molar-refractivity contribution in [3.63, 3.8) is 0 Å². The molecule has 1 aliphatic rings. The number of nitro benzene ring substituents is 2. The molecule has 26 heavy (non-hydrogen) atoms. The van der Waals surface area contributed by atoms with Crippen molar-refractivity contribution in [1.29, 1.82) is 0 Å². The summed E-state index contributed by atoms with van der Waals surface area (Å²) in [6.45, 7) is 0. The van der Waals surface area contributed by atoms with E-state index in [1.54, 1.807) is 18.2 Å². The Labute approximate surface area is 151 Å². The van der Waals surface area contributed by atoms with Crippen molar-refractivity contribution in [1.82, 2.24) is 5.01 Å². The third-order valence-electron chi connectivity index (χ3n) is 3.62. The summed E-state index contributed by atoms with van der Waals surface area (Å²) < 4.78 is 0. The predicted octanol–water partition coefficient (Wildman–Crippen LogP) is 3.11. The van der Waals surface area contributed by atoms with Gasteiger partial charge in [-0.15, -0.1) is 11.8 Å². The standard InChI is InChI=1S/C16H12N4O5S/c21-15-10-26-16(12-4-2-6-14(8-12)20(24)25)18(15)17-9-11-3-1-5-13(7-11)19(22)23/h1-9,16H,10H2/b17-9+. The van der Waals surface area contributed by atoms with E-state index in [0.717, 1.165) is 0 Å². The number of nitro groups is 2. The molecule has 1 heterocycles. The first kappa shape index (κ1) is 17.5. The number of hydrazone groups is 1. The quantitative estimate of drug-likeness (QED) is 0.452. The van der Waals surface area contributed by atoms with Crippen LogP contribution in [0.5, 0.6) is 0 Å². The zero-order valence-electron chi connectivity index (χ0n) is 13.2. The number of rotatable bonds is 5. The molecule has 0 aliphatic carbocycles. The van der Waals surface area contributed by atoms with Gasteiger partial charge >= 0.3 is 0 Å². The Morgan fingerprint density at radius 2 is 1.73 bits per heavy atom. The molecule has 10 heteroatoms. The third-order valence-corrected chi connectivity index (χ3v) is 4.82. The highest BCUT2D eigenvalue weighted by atomic mass is 32.2. The molecule has 1 amide bonds. The maximum atomic E-state index is 12.1. The maximum absolute atomic E-state index is 12.1. The molecular weight excluding hydrogens is 360 g/mol. The van der Waals surface area contributed by atoms with Crippen molar-refractivity contribution >= 4 is 35.3 Å². The highest BCUT2D eigenvalue weighted by Crippen LogP contribution is 2.39. The number of nitrogens with zero attached hydrogens (tertiary/aromatic N) is 4. The van der Waals surface area contributed by atoms with Crippen LogP contribution in [0, 0.1) is 20.2 Å². The van der Waals surface area contributed by atoms with E-state index in [9.17, 15) is 25.0 Å². The fourth-order valence-electron chi connectivity index (χ4n) is 2.42. The minimum atomic E-state index is -0.514. The lowest BCUT2D eigenvalue weighted by molar-refractivity contribution is -0.385. The Balaban J connectivity index is 1.86. The second kappa shape index (κ2) is 7.31. The topological polar surface area (TPSA) is 119 Å². The number of hydrogen-bond donors (Lipinski definition) is 0. The van der Waals surface area contributed by atoms with Gasteiger partial charge in [0.25, 0.3) is 17.3 Å². The number of amides is 1. The Morgan fingerprint density at radius 3 is 2.42 bits per heavy atom. The maximum Gasteiger partial charge on any atom is 0.270 e. The zero-order valence-corrected chi connectivity index (χ0v) is 14.0. The molecule has 3 rings (SSSR count). The second-order valence-electron chi connectivity index (χ2n) is 5.35. The van der Waals surface area contributed by atoms with Crippen molar-refractivity contribution in [2.24, 2.45) is 5.10 Å². The fourth-order valence-corrected chi connectivity index (χ4v) is 3.50. The summed E-state index contributed by atoms with van der Waals surface area (Å²) in [4.78, 5) is 32.9. The van der Waals surface area contributed by atoms with Gasteiger partial charge in [0.1, 0.15) is 5.37 Å². The number of carbonyl (C=O) groups is 1. The van der Waals surface area contributed by atoms with E-state index in [1.165, 1.54) is 53.3 Å². The Kier molecular flexibility index (Phi) is 4.94. The van der Waals surface area contributed by atoms with E-state index in [2.05, 4.69) is 5.10 Å². The Morgan fingerprint density at radius 1 is 1.08 bits per heavy atom. The Hall–Kier alpha value is -3.27. The van der Waals surface area contributed by atoms with Crippen LogP contribution < -0.4 is 0 Å². The van der Waals surface area contributed by atoms with Gasteiger partial charge in [-0.25, -0.2) is 5.01 Å². The van der Waals surface area contributed by atoms with Gasteiger partial charge in [0, 0.05) is 29.8 Å². The summed E-state index contributed by atoms with van der Waals surface area (Å²) in [6.07, 6.45) is 1.36. The average Bonchev–Trinajstić information content (AvgIpc) is 3.01. The van der Waals surface area contributed by atoms with Crippen LogP contribution in [-0.2, 0) is 4.79 Å². The van der Waals surface area contributed by atoms with E-state index in [1.807, 2.05) is 0 Å². The fraction of sp³-hybridized carbons (Fsp3) is 0.125. The van der Waals surface area contributed by atoms with Crippen LogP contribution in [0.3, 0.4) is 0 Å². The minimum Gasteiger partial charge on any atom is -0.272 e. The first-order valence-electron chi connectivity index (χ1n) is 7.42. The van der Waals surface area contributed by atoms with Crippen LogP contribution in [0.2, 0.25) is 0 Å². The van der Waals surface area contributed by atoms with Crippen molar-refractivity contribution < 1.29 is 14.6 Å². The smallest absolute Gasteiger partial charge is 0.270 e. The average molecular weight is 372 g/mol. The van der Waals surface area contributed by atoms with Crippen molar-refractivity contribution in [3.8, 4) is 0 Å². The van der Waals surface area contributed by atoms with Gasteiger partial charge < -0.3 is 0 Å². The van der Waals surface area contributed by atoms with Crippen LogP contribution in [0.1, 0.15) is 16.5 Å². The van der Waals surface area contributed by atoms with Gasteiger partial charge in [-0.1, -0.05) is 24.3 Å². The predicted molar refractivity (Wildman–Crippen MR) is 95.8 cm³/mol. The van der Waals surface area contributed by atoms with Crippen LogP contribution >= 0.6 is 11.8 Å². The van der Waals surface area contributed by atoms with Gasteiger partial charge in [-0.05, 0) is 5.56 Å². The molecule has 1 atom stereocenters. The van der Waals surface area contributed by atoms with Crippen LogP contribution in [0.4, 0.5) is 11.4 Å². The number of non-ortho nitro benzene ring substituents is 2. The number of carbonyl (C=O) groups excluding carboxylic acids is 1. The van der Waals surface area contributed by atoms with Crippen LogP contribution in [0.25, 0.3) is 0 Å². The first-order valence-corrected chi connectivity index (χ1v) is 8.47. The molecular formula is C16H12N4O5S. The molecule has 0 aromatic heterocycles. The minimum absolute atomic E-state index is 0.0648. The van der Waals surface area contributed by atoms with Crippen molar-refractivity contribution in [2.75, 3.05) is 5.75 Å². The van der Waals surface area contributed by atoms with Crippen LogP contribution in [-0.4, -0.2) is 32.7 Å². The number of thioether (sulfide) groups is 1. The second-order valence-corrected chi connectivity index (χ2v) is 6.42. The van der Waals surface area contributed by atoms with Crippen molar-refractivity contribution in [3.05, 3.63) is 79.9 Å². The highest BCUT2D eigenvalue weighted by molar-refractivity contribution is 8.00. The molecule has 1 aliphatic heterocycles. The largest absolute Gasteiger partial charge is 0.272 e. The first-order chi connectivity index (χ1) is 12.5. The molecule has 132 valence electrons. The van der Waals surface area contributed by atoms with Crippen LogP contribution in [0.15, 0.2) is 53.6 Å². The third kappa shape index (κ3) is 3.70. The number of benzene rings is 2. The SMILES string of the molecule is O=C1CSC(c2cccc([N+](=O)[O-])c2)N1/N=C/c1cccc([N+](=O)[O-])c1. The molecule has 0 bridgehead atoms. The molecule has 2 aromatic rings. The van der Waals surface area contributed by atoms with E-state index in [0.29, 0.717) is 11.1 Å². The van der Waals surface area contributed by atoms with Gasteiger partial charge in [0.15, 0.2) is 0 Å². The molecule has 0 radical (unpaired) electrons. The van der Waals surface area contributed by atoms with Gasteiger partial charge in [-0.3, -0.25) is 25.0 Å². The van der Waals surface area contributed by atoms with Crippen molar-refractivity contribution in [2.45, 2.75) is 5.37 Å². The summed E-state index contributed by atoms with van der Waals surface area (Å²) in [5.41, 5.74) is 0.921. The number of hydrogen-bond acceptors (Lipinski definition) is 7. The summed E-state index contributed by atoms with van der Waals surface area (Å²) in [7, 11) is 0.